The Kier molecular flexibility index (Phi) is 6.63. The summed E-state index contributed by atoms with van der Waals surface area (Å²) in [7, 11) is 3.97. The molecule has 0 saturated carbocycles. The van der Waals surface area contributed by atoms with Gasteiger partial charge in [-0.05, 0) is 60.0 Å². The summed E-state index contributed by atoms with van der Waals surface area (Å²) < 4.78 is 10.9. The van der Waals surface area contributed by atoms with Crippen molar-refractivity contribution in [3.8, 4) is 0 Å². The van der Waals surface area contributed by atoms with Crippen LogP contribution < -0.4 is 0 Å². The van der Waals surface area contributed by atoms with E-state index in [2.05, 4.69) is 0 Å². The van der Waals surface area contributed by atoms with Crippen molar-refractivity contribution in [2.24, 2.45) is 5.92 Å². The smallest absolute Gasteiger partial charge is 0.308 e. The summed E-state index contributed by atoms with van der Waals surface area (Å²) >= 11 is 0. The minimum absolute atomic E-state index is 0.0513. The first kappa shape index (κ1) is 18.4. The molecule has 5 nitrogen and oxygen atoms in total. The average molecular weight is 301 g/mol. The van der Waals surface area contributed by atoms with Crippen molar-refractivity contribution in [3.05, 3.63) is 0 Å². The van der Waals surface area contributed by atoms with Crippen molar-refractivity contribution in [3.63, 3.8) is 0 Å². The second-order valence-electron chi connectivity index (χ2n) is 7.21. The Bertz CT molecular complexity index is 339. The summed E-state index contributed by atoms with van der Waals surface area (Å²) in [6.45, 7) is 7.71. The predicted octanol–water partition coefficient (Wildman–Crippen LogP) is 1.83. The van der Waals surface area contributed by atoms with Gasteiger partial charge >= 0.3 is 5.97 Å². The second-order valence-corrected chi connectivity index (χ2v) is 7.21. The minimum Gasteiger partial charge on any atom is -0.466 e. The van der Waals surface area contributed by atoms with E-state index in [4.69, 9.17) is 9.47 Å². The van der Waals surface area contributed by atoms with Crippen molar-refractivity contribution in [1.82, 2.24) is 4.90 Å². The summed E-state index contributed by atoms with van der Waals surface area (Å²) in [4.78, 5) is 13.9. The normalized spacial score (nSPS) is 24.6. The highest BCUT2D eigenvalue weighted by Crippen LogP contribution is 2.37. The maximum absolute atomic E-state index is 11.9. The molecule has 1 fully saturated rings. The summed E-state index contributed by atoms with van der Waals surface area (Å²) in [5.74, 6) is -0.251. The standard InChI is InChI=1S/C16H31NO4/c1-15(2)11-13(7-10-21-15)16(3,19)12-14(18)20-9-6-8-17(4)5/h13,19H,6-12H2,1-5H3/t13-,16+/m1/s1. The summed E-state index contributed by atoms with van der Waals surface area (Å²) in [6, 6.07) is 0. The molecule has 0 aromatic carbocycles. The average Bonchev–Trinajstić information content (AvgIpc) is 2.32. The van der Waals surface area contributed by atoms with Crippen molar-refractivity contribution in [2.45, 2.75) is 57.7 Å². The number of rotatable bonds is 7. The molecule has 1 N–H and O–H groups in total. The van der Waals surface area contributed by atoms with Gasteiger partial charge in [0.1, 0.15) is 0 Å². The molecule has 0 unspecified atom stereocenters. The molecule has 21 heavy (non-hydrogen) atoms. The van der Waals surface area contributed by atoms with Crippen LogP contribution in [0.25, 0.3) is 0 Å². The Hall–Kier alpha value is -0.650. The molecule has 1 saturated heterocycles. The fourth-order valence-corrected chi connectivity index (χ4v) is 2.82. The van der Waals surface area contributed by atoms with Crippen molar-refractivity contribution < 1.29 is 19.4 Å². The molecule has 1 heterocycles. The summed E-state index contributed by atoms with van der Waals surface area (Å²) in [6.07, 6.45) is 2.40. The van der Waals surface area contributed by atoms with E-state index in [-0.39, 0.29) is 23.9 Å². The van der Waals surface area contributed by atoms with Crippen LogP contribution in [0.5, 0.6) is 0 Å². The van der Waals surface area contributed by atoms with Gasteiger partial charge in [-0.25, -0.2) is 0 Å². The second kappa shape index (κ2) is 7.56. The molecular formula is C16H31NO4. The molecule has 0 amide bonds. The topological polar surface area (TPSA) is 59.0 Å². The molecule has 1 rings (SSSR count). The highest BCUT2D eigenvalue weighted by atomic mass is 16.5. The number of carbonyl (C=O) groups excluding carboxylic acids is 1. The van der Waals surface area contributed by atoms with Crippen LogP contribution in [-0.4, -0.2) is 61.0 Å². The monoisotopic (exact) mass is 301 g/mol. The number of nitrogens with zero attached hydrogens (tertiary/aromatic N) is 1. The summed E-state index contributed by atoms with van der Waals surface area (Å²) in [5, 5.41) is 10.6. The van der Waals surface area contributed by atoms with Crippen LogP contribution in [0.15, 0.2) is 0 Å². The maximum Gasteiger partial charge on any atom is 0.308 e. The van der Waals surface area contributed by atoms with Crippen LogP contribution in [0.3, 0.4) is 0 Å². The number of hydrogen-bond acceptors (Lipinski definition) is 5. The molecule has 1 aliphatic heterocycles. The van der Waals surface area contributed by atoms with Gasteiger partial charge in [0, 0.05) is 13.2 Å². The third kappa shape index (κ3) is 6.76. The van der Waals surface area contributed by atoms with E-state index in [1.165, 1.54) is 0 Å². The van der Waals surface area contributed by atoms with Gasteiger partial charge in [0.15, 0.2) is 0 Å². The molecule has 0 radical (unpaired) electrons. The Balaban J connectivity index is 2.38. The van der Waals surface area contributed by atoms with Gasteiger partial charge in [0.05, 0.1) is 24.2 Å². The van der Waals surface area contributed by atoms with Gasteiger partial charge in [0.25, 0.3) is 0 Å². The molecule has 0 aromatic rings. The third-order valence-electron chi connectivity index (χ3n) is 4.09. The fraction of sp³-hybridized carbons (Fsp3) is 0.938. The van der Waals surface area contributed by atoms with Crippen LogP contribution in [0.4, 0.5) is 0 Å². The molecule has 0 spiro atoms. The van der Waals surface area contributed by atoms with E-state index in [0.29, 0.717) is 13.2 Å². The number of carbonyl (C=O) groups is 1. The van der Waals surface area contributed by atoms with Crippen molar-refractivity contribution in [1.29, 1.82) is 0 Å². The SMILES string of the molecule is CN(C)CCCOC(=O)C[C@](C)(O)[C@@H]1CCOC(C)(C)C1. The van der Waals surface area contributed by atoms with E-state index in [1.54, 1.807) is 6.92 Å². The van der Waals surface area contributed by atoms with Gasteiger partial charge < -0.3 is 19.5 Å². The molecule has 0 bridgehead atoms. The molecule has 2 atom stereocenters. The van der Waals surface area contributed by atoms with Gasteiger partial charge in [-0.1, -0.05) is 0 Å². The van der Waals surface area contributed by atoms with E-state index in [9.17, 15) is 9.90 Å². The number of hydrogen-bond donors (Lipinski definition) is 1. The van der Waals surface area contributed by atoms with Crippen molar-refractivity contribution >= 4 is 5.97 Å². The van der Waals surface area contributed by atoms with Crippen molar-refractivity contribution in [2.75, 3.05) is 33.9 Å². The van der Waals surface area contributed by atoms with Gasteiger partial charge in [-0.15, -0.1) is 0 Å². The van der Waals surface area contributed by atoms with Crippen LogP contribution in [0.2, 0.25) is 0 Å². The van der Waals surface area contributed by atoms with E-state index < -0.39 is 5.60 Å². The van der Waals surface area contributed by atoms with Gasteiger partial charge in [-0.3, -0.25) is 4.79 Å². The molecule has 124 valence electrons. The molecule has 0 aromatic heterocycles. The maximum atomic E-state index is 11.9. The molecule has 5 heteroatoms. The van der Waals surface area contributed by atoms with Crippen LogP contribution in [0, 0.1) is 5.92 Å². The summed E-state index contributed by atoms with van der Waals surface area (Å²) in [5.41, 5.74) is -1.26. The zero-order valence-corrected chi connectivity index (χ0v) is 14.1. The highest BCUT2D eigenvalue weighted by molar-refractivity contribution is 5.70. The first-order valence-electron chi connectivity index (χ1n) is 7.79. The van der Waals surface area contributed by atoms with Crippen LogP contribution in [0.1, 0.15) is 46.5 Å². The van der Waals surface area contributed by atoms with Gasteiger partial charge in [0.2, 0.25) is 0 Å². The predicted molar refractivity (Wildman–Crippen MR) is 82.1 cm³/mol. The lowest BCUT2D eigenvalue weighted by molar-refractivity contribution is -0.158. The lowest BCUT2D eigenvalue weighted by Gasteiger charge is -2.42. The van der Waals surface area contributed by atoms with Crippen LogP contribution in [-0.2, 0) is 14.3 Å². The zero-order chi connectivity index (χ0) is 16.1. The molecule has 1 aliphatic rings. The third-order valence-corrected chi connectivity index (χ3v) is 4.09. The zero-order valence-electron chi connectivity index (χ0n) is 14.1. The lowest BCUT2D eigenvalue weighted by Crippen LogP contribution is -2.45. The Morgan fingerprint density at radius 2 is 2.14 bits per heavy atom. The number of aliphatic hydroxyl groups is 1. The minimum atomic E-state index is -1.03. The first-order chi connectivity index (χ1) is 9.62. The highest BCUT2D eigenvalue weighted by Gasteiger charge is 2.40. The molecular weight excluding hydrogens is 270 g/mol. The Morgan fingerprint density at radius 3 is 2.71 bits per heavy atom. The lowest BCUT2D eigenvalue weighted by atomic mass is 9.76. The number of ether oxygens (including phenoxy) is 2. The van der Waals surface area contributed by atoms with E-state index in [1.807, 2.05) is 32.8 Å². The van der Waals surface area contributed by atoms with E-state index in [0.717, 1.165) is 25.8 Å². The quantitative estimate of drug-likeness (QED) is 0.574. The Morgan fingerprint density at radius 1 is 1.48 bits per heavy atom. The van der Waals surface area contributed by atoms with E-state index >= 15 is 0 Å². The Labute approximate surface area is 128 Å². The largest absolute Gasteiger partial charge is 0.466 e. The fourth-order valence-electron chi connectivity index (χ4n) is 2.82. The molecule has 0 aliphatic carbocycles. The van der Waals surface area contributed by atoms with Crippen LogP contribution >= 0.6 is 0 Å². The van der Waals surface area contributed by atoms with Gasteiger partial charge in [-0.2, -0.15) is 0 Å². The first-order valence-corrected chi connectivity index (χ1v) is 7.79. The number of esters is 1.